The highest BCUT2D eigenvalue weighted by Crippen LogP contribution is 2.58. The highest BCUT2D eigenvalue weighted by Gasteiger charge is 2.74. The maximum atomic E-state index is 13.6. The van der Waals surface area contributed by atoms with E-state index in [-0.39, 0.29) is 31.1 Å². The molecule has 8 heteroatoms. The number of fused-ring (bicyclic) bond motifs is 1. The van der Waals surface area contributed by atoms with E-state index < -0.39 is 29.4 Å². The Balaban J connectivity index is 1.56. The molecule has 3 aliphatic rings. The SMILES string of the molecule is CCOC(=O)[C@@H]1[C@@H]2CCC3(O2)C(C(=O)NCc2ccccc2)N(CCCCCCO)C(=O)[C@H]13. The molecule has 2 unspecified atom stereocenters. The molecule has 3 fully saturated rings. The van der Waals surface area contributed by atoms with E-state index in [1.54, 1.807) is 11.8 Å². The number of esters is 1. The van der Waals surface area contributed by atoms with Crippen molar-refractivity contribution in [2.45, 2.75) is 69.7 Å². The van der Waals surface area contributed by atoms with Gasteiger partial charge in [-0.05, 0) is 38.2 Å². The minimum Gasteiger partial charge on any atom is -0.466 e. The predicted octanol–water partition coefficient (Wildman–Crippen LogP) is 1.79. The largest absolute Gasteiger partial charge is 0.466 e. The van der Waals surface area contributed by atoms with Gasteiger partial charge in [0.05, 0.1) is 24.5 Å². The first-order chi connectivity index (χ1) is 16.0. The van der Waals surface area contributed by atoms with E-state index in [4.69, 9.17) is 14.6 Å². The molecule has 5 atom stereocenters. The number of ether oxygens (including phenoxy) is 2. The first-order valence-electron chi connectivity index (χ1n) is 12.1. The topological polar surface area (TPSA) is 105 Å². The average Bonchev–Trinajstić information content (AvgIpc) is 3.46. The summed E-state index contributed by atoms with van der Waals surface area (Å²) in [5.74, 6) is -2.17. The third-order valence-electron chi connectivity index (χ3n) is 7.22. The van der Waals surface area contributed by atoms with E-state index in [9.17, 15) is 14.4 Å². The summed E-state index contributed by atoms with van der Waals surface area (Å²) in [4.78, 5) is 41.5. The summed E-state index contributed by atoms with van der Waals surface area (Å²) in [7, 11) is 0. The van der Waals surface area contributed by atoms with Crippen LogP contribution in [0.2, 0.25) is 0 Å². The monoisotopic (exact) mass is 458 g/mol. The molecule has 0 aromatic heterocycles. The lowest BCUT2D eigenvalue weighted by atomic mass is 9.71. The molecule has 2 N–H and O–H groups in total. The molecule has 2 amide bonds. The Labute approximate surface area is 194 Å². The van der Waals surface area contributed by atoms with Crippen molar-refractivity contribution in [1.82, 2.24) is 10.2 Å². The first-order valence-corrected chi connectivity index (χ1v) is 12.1. The van der Waals surface area contributed by atoms with Gasteiger partial charge in [-0.15, -0.1) is 0 Å². The number of hydrogen-bond donors (Lipinski definition) is 2. The summed E-state index contributed by atoms with van der Waals surface area (Å²) in [5, 5.41) is 12.0. The fraction of sp³-hybridized carbons (Fsp3) is 0.640. The van der Waals surface area contributed by atoms with Gasteiger partial charge in [0.15, 0.2) is 0 Å². The van der Waals surface area contributed by atoms with Crippen molar-refractivity contribution in [2.24, 2.45) is 11.8 Å². The summed E-state index contributed by atoms with van der Waals surface area (Å²) < 4.78 is 11.6. The number of benzene rings is 1. The fourth-order valence-corrected chi connectivity index (χ4v) is 5.83. The Morgan fingerprint density at radius 2 is 1.97 bits per heavy atom. The highest BCUT2D eigenvalue weighted by atomic mass is 16.6. The molecular formula is C25H34N2O6. The number of likely N-dealkylation sites (tertiary alicyclic amines) is 1. The van der Waals surface area contributed by atoms with Crippen LogP contribution in [0.15, 0.2) is 30.3 Å². The minimum absolute atomic E-state index is 0.148. The Hall–Kier alpha value is -2.45. The molecular weight excluding hydrogens is 424 g/mol. The molecule has 4 rings (SSSR count). The molecule has 180 valence electrons. The Morgan fingerprint density at radius 3 is 2.70 bits per heavy atom. The van der Waals surface area contributed by atoms with Crippen LogP contribution in [0, 0.1) is 11.8 Å². The third-order valence-corrected chi connectivity index (χ3v) is 7.22. The molecule has 0 radical (unpaired) electrons. The maximum Gasteiger partial charge on any atom is 0.312 e. The second-order valence-corrected chi connectivity index (χ2v) is 9.18. The van der Waals surface area contributed by atoms with Crippen molar-refractivity contribution in [2.75, 3.05) is 19.8 Å². The van der Waals surface area contributed by atoms with Crippen LogP contribution in [0.1, 0.15) is 51.0 Å². The number of aliphatic hydroxyl groups excluding tert-OH is 1. The van der Waals surface area contributed by atoms with Gasteiger partial charge in [-0.25, -0.2) is 0 Å². The van der Waals surface area contributed by atoms with Crippen LogP contribution in [0.5, 0.6) is 0 Å². The number of unbranched alkanes of at least 4 members (excludes halogenated alkanes) is 3. The van der Waals surface area contributed by atoms with Gasteiger partial charge in [0, 0.05) is 19.7 Å². The Bertz CT molecular complexity index is 862. The standard InChI is InChI=1S/C25H34N2O6/c1-2-32-24(31)19-18-12-13-25(33-18)20(19)23(30)27(14-8-3-4-9-15-28)21(25)22(29)26-16-17-10-6-5-7-11-17/h5-7,10-11,18-21,28H,2-4,8-9,12-16H2,1H3,(H,26,29)/t18-,19+,20-,21?,25?/m0/s1. The molecule has 2 bridgehead atoms. The van der Waals surface area contributed by atoms with Gasteiger partial charge >= 0.3 is 5.97 Å². The molecule has 0 aliphatic carbocycles. The number of amides is 2. The summed E-state index contributed by atoms with van der Waals surface area (Å²) in [6, 6.07) is 8.87. The third kappa shape index (κ3) is 4.38. The molecule has 0 saturated carbocycles. The van der Waals surface area contributed by atoms with Gasteiger partial charge in [0.1, 0.15) is 11.6 Å². The quantitative estimate of drug-likeness (QED) is 0.387. The summed E-state index contributed by atoms with van der Waals surface area (Å²) in [6.45, 7) is 2.92. The van der Waals surface area contributed by atoms with Crippen LogP contribution in [0.4, 0.5) is 0 Å². The lowest BCUT2D eigenvalue weighted by Crippen LogP contribution is -2.55. The lowest BCUT2D eigenvalue weighted by Gasteiger charge is -2.33. The summed E-state index contributed by atoms with van der Waals surface area (Å²) >= 11 is 0. The molecule has 1 aromatic rings. The summed E-state index contributed by atoms with van der Waals surface area (Å²) in [5.41, 5.74) is -0.00813. The van der Waals surface area contributed by atoms with Gasteiger partial charge in [-0.3, -0.25) is 14.4 Å². The molecule has 3 aliphatic heterocycles. The van der Waals surface area contributed by atoms with Crippen LogP contribution >= 0.6 is 0 Å². The van der Waals surface area contributed by atoms with E-state index in [2.05, 4.69) is 5.32 Å². The zero-order chi connectivity index (χ0) is 23.4. The van der Waals surface area contributed by atoms with Gasteiger partial charge in [-0.1, -0.05) is 43.2 Å². The van der Waals surface area contributed by atoms with Crippen LogP contribution in [0.3, 0.4) is 0 Å². The summed E-state index contributed by atoms with van der Waals surface area (Å²) in [6.07, 6.45) is 4.00. The zero-order valence-electron chi connectivity index (χ0n) is 19.2. The number of hydrogen-bond acceptors (Lipinski definition) is 6. The zero-order valence-corrected chi connectivity index (χ0v) is 19.2. The van der Waals surface area contributed by atoms with Crippen molar-refractivity contribution >= 4 is 17.8 Å². The number of rotatable bonds is 11. The van der Waals surface area contributed by atoms with E-state index in [1.165, 1.54) is 0 Å². The van der Waals surface area contributed by atoms with Crippen molar-refractivity contribution < 1.29 is 29.0 Å². The van der Waals surface area contributed by atoms with Crippen LogP contribution < -0.4 is 5.32 Å². The Kier molecular flexibility index (Phi) is 7.34. The second-order valence-electron chi connectivity index (χ2n) is 9.18. The normalized spacial score (nSPS) is 29.9. The minimum atomic E-state index is -0.981. The van der Waals surface area contributed by atoms with Crippen LogP contribution in [-0.2, 0) is 30.4 Å². The van der Waals surface area contributed by atoms with E-state index >= 15 is 0 Å². The number of aliphatic hydroxyl groups is 1. The van der Waals surface area contributed by atoms with Crippen molar-refractivity contribution in [3.63, 3.8) is 0 Å². The van der Waals surface area contributed by atoms with E-state index in [0.717, 1.165) is 31.2 Å². The van der Waals surface area contributed by atoms with Crippen LogP contribution in [0.25, 0.3) is 0 Å². The Morgan fingerprint density at radius 1 is 1.21 bits per heavy atom. The molecule has 3 saturated heterocycles. The predicted molar refractivity (Wildman–Crippen MR) is 120 cm³/mol. The number of nitrogens with zero attached hydrogens (tertiary/aromatic N) is 1. The van der Waals surface area contributed by atoms with Crippen LogP contribution in [-0.4, -0.2) is 65.3 Å². The average molecular weight is 459 g/mol. The number of carbonyl (C=O) groups excluding carboxylic acids is 3. The van der Waals surface area contributed by atoms with Gasteiger partial charge in [0.2, 0.25) is 11.8 Å². The first kappa shape index (κ1) is 23.7. The molecule has 33 heavy (non-hydrogen) atoms. The number of nitrogens with one attached hydrogen (secondary N) is 1. The van der Waals surface area contributed by atoms with Gasteiger partial charge in [-0.2, -0.15) is 0 Å². The highest BCUT2D eigenvalue weighted by molar-refractivity contribution is 5.98. The molecule has 1 aromatic carbocycles. The van der Waals surface area contributed by atoms with Crippen molar-refractivity contribution in [3.8, 4) is 0 Å². The molecule has 3 heterocycles. The number of carbonyl (C=O) groups is 3. The second kappa shape index (κ2) is 10.2. The van der Waals surface area contributed by atoms with Crippen molar-refractivity contribution in [3.05, 3.63) is 35.9 Å². The molecule has 1 spiro atoms. The van der Waals surface area contributed by atoms with Gasteiger partial charge < -0.3 is 24.8 Å². The lowest BCUT2D eigenvalue weighted by molar-refractivity contribution is -0.154. The smallest absolute Gasteiger partial charge is 0.312 e. The maximum absolute atomic E-state index is 13.6. The van der Waals surface area contributed by atoms with Crippen molar-refractivity contribution in [1.29, 1.82) is 0 Å². The molecule has 8 nitrogen and oxygen atoms in total. The van der Waals surface area contributed by atoms with Gasteiger partial charge in [0.25, 0.3) is 0 Å². The fourth-order valence-electron chi connectivity index (χ4n) is 5.83. The van der Waals surface area contributed by atoms with E-state index in [1.807, 2.05) is 30.3 Å². The van der Waals surface area contributed by atoms with E-state index in [0.29, 0.717) is 25.9 Å².